The highest BCUT2D eigenvalue weighted by atomic mass is 35.5. The maximum absolute atomic E-state index is 10.6. The number of rotatable bonds is 2. The third-order valence-electron chi connectivity index (χ3n) is 3.77. The van der Waals surface area contributed by atoms with Crippen molar-refractivity contribution >= 4 is 11.6 Å². The summed E-state index contributed by atoms with van der Waals surface area (Å²) in [5.74, 6) is 0.352. The Morgan fingerprint density at radius 2 is 2.38 bits per heavy atom. The predicted molar refractivity (Wildman–Crippen MR) is 65.5 cm³/mol. The van der Waals surface area contributed by atoms with Crippen LogP contribution in [0.25, 0.3) is 0 Å². The first-order chi connectivity index (χ1) is 7.62. The lowest BCUT2D eigenvalue weighted by Crippen LogP contribution is -2.41. The molecule has 2 atom stereocenters. The SMILES string of the molecule is CC1CCCCC1(O)Cc1ccncc1Cl. The Balaban J connectivity index is 2.16. The van der Waals surface area contributed by atoms with E-state index >= 15 is 0 Å². The molecule has 1 aliphatic rings. The van der Waals surface area contributed by atoms with Gasteiger partial charge in [-0.3, -0.25) is 4.98 Å². The standard InChI is InChI=1S/C13H18ClNO/c1-10-4-2-3-6-13(10,16)8-11-5-7-15-9-12(11)14/h5,7,9-10,16H,2-4,6,8H2,1H3. The van der Waals surface area contributed by atoms with E-state index in [1.54, 1.807) is 12.4 Å². The normalized spacial score (nSPS) is 30.3. The minimum absolute atomic E-state index is 0.352. The van der Waals surface area contributed by atoms with Crippen LogP contribution < -0.4 is 0 Å². The summed E-state index contributed by atoms with van der Waals surface area (Å²) in [6.07, 6.45) is 8.37. The highest BCUT2D eigenvalue weighted by molar-refractivity contribution is 6.31. The molecule has 0 radical (unpaired) electrons. The molecule has 0 aliphatic heterocycles. The van der Waals surface area contributed by atoms with E-state index in [1.807, 2.05) is 6.07 Å². The van der Waals surface area contributed by atoms with E-state index in [9.17, 15) is 5.11 Å². The maximum Gasteiger partial charge on any atom is 0.0713 e. The number of aromatic nitrogens is 1. The highest BCUT2D eigenvalue weighted by Crippen LogP contribution is 2.37. The first-order valence-corrected chi connectivity index (χ1v) is 6.30. The van der Waals surface area contributed by atoms with Crippen LogP contribution in [0.5, 0.6) is 0 Å². The summed E-state index contributed by atoms with van der Waals surface area (Å²) < 4.78 is 0. The van der Waals surface area contributed by atoms with Crippen molar-refractivity contribution in [3.8, 4) is 0 Å². The lowest BCUT2D eigenvalue weighted by molar-refractivity contribution is -0.0405. The van der Waals surface area contributed by atoms with Gasteiger partial charge in [0, 0.05) is 18.8 Å². The Morgan fingerprint density at radius 1 is 1.56 bits per heavy atom. The molecule has 1 aliphatic carbocycles. The molecule has 1 heterocycles. The van der Waals surface area contributed by atoms with Gasteiger partial charge in [-0.2, -0.15) is 0 Å². The van der Waals surface area contributed by atoms with Crippen molar-refractivity contribution in [1.82, 2.24) is 4.98 Å². The first-order valence-electron chi connectivity index (χ1n) is 5.92. The molecule has 2 nitrogen and oxygen atoms in total. The number of aliphatic hydroxyl groups is 1. The second-order valence-electron chi connectivity index (χ2n) is 4.89. The van der Waals surface area contributed by atoms with Crippen LogP contribution in [0.4, 0.5) is 0 Å². The average molecular weight is 240 g/mol. The summed E-state index contributed by atoms with van der Waals surface area (Å²) in [5, 5.41) is 11.3. The summed E-state index contributed by atoms with van der Waals surface area (Å²) in [4.78, 5) is 3.97. The number of hydrogen-bond donors (Lipinski definition) is 1. The Kier molecular flexibility index (Phi) is 3.50. The van der Waals surface area contributed by atoms with Gasteiger partial charge < -0.3 is 5.11 Å². The van der Waals surface area contributed by atoms with Gasteiger partial charge >= 0.3 is 0 Å². The quantitative estimate of drug-likeness (QED) is 0.860. The molecule has 88 valence electrons. The Hall–Kier alpha value is -0.600. The molecule has 0 aromatic carbocycles. The van der Waals surface area contributed by atoms with E-state index in [4.69, 9.17) is 11.6 Å². The minimum atomic E-state index is -0.580. The minimum Gasteiger partial charge on any atom is -0.389 e. The van der Waals surface area contributed by atoms with E-state index in [-0.39, 0.29) is 0 Å². The molecule has 1 fully saturated rings. The van der Waals surface area contributed by atoms with Crippen LogP contribution in [0.2, 0.25) is 5.02 Å². The van der Waals surface area contributed by atoms with E-state index < -0.39 is 5.60 Å². The van der Waals surface area contributed by atoms with E-state index in [2.05, 4.69) is 11.9 Å². The van der Waals surface area contributed by atoms with Gasteiger partial charge in [0.2, 0.25) is 0 Å². The van der Waals surface area contributed by atoms with Crippen molar-refractivity contribution in [3.63, 3.8) is 0 Å². The van der Waals surface area contributed by atoms with Crippen LogP contribution in [0, 0.1) is 5.92 Å². The number of nitrogens with zero attached hydrogens (tertiary/aromatic N) is 1. The molecule has 16 heavy (non-hydrogen) atoms. The van der Waals surface area contributed by atoms with Gasteiger partial charge in [0.05, 0.1) is 10.6 Å². The zero-order valence-electron chi connectivity index (χ0n) is 9.62. The summed E-state index contributed by atoms with van der Waals surface area (Å²) in [5.41, 5.74) is 0.427. The summed E-state index contributed by atoms with van der Waals surface area (Å²) >= 11 is 6.08. The molecule has 0 bridgehead atoms. The Bertz CT molecular complexity index is 369. The van der Waals surface area contributed by atoms with Crippen LogP contribution in [-0.4, -0.2) is 15.7 Å². The smallest absolute Gasteiger partial charge is 0.0713 e. The molecule has 1 aromatic rings. The predicted octanol–water partition coefficient (Wildman–Crippen LogP) is 3.22. The number of pyridine rings is 1. The summed E-state index contributed by atoms with van der Waals surface area (Å²) in [7, 11) is 0. The van der Waals surface area contributed by atoms with Crippen molar-refractivity contribution in [2.45, 2.75) is 44.6 Å². The Morgan fingerprint density at radius 3 is 3.06 bits per heavy atom. The molecular weight excluding hydrogens is 222 g/mol. The number of halogens is 1. The maximum atomic E-state index is 10.6. The molecule has 3 heteroatoms. The van der Waals surface area contributed by atoms with Crippen molar-refractivity contribution in [2.24, 2.45) is 5.92 Å². The molecule has 2 rings (SSSR count). The fourth-order valence-corrected chi connectivity index (χ4v) is 2.72. The van der Waals surface area contributed by atoms with Crippen molar-refractivity contribution in [3.05, 3.63) is 29.0 Å². The summed E-state index contributed by atoms with van der Waals surface area (Å²) in [6.45, 7) is 2.13. The molecule has 1 saturated carbocycles. The highest BCUT2D eigenvalue weighted by Gasteiger charge is 2.36. The van der Waals surface area contributed by atoms with Crippen LogP contribution >= 0.6 is 11.6 Å². The summed E-state index contributed by atoms with van der Waals surface area (Å²) in [6, 6.07) is 1.90. The lowest BCUT2D eigenvalue weighted by Gasteiger charge is -2.38. The van der Waals surface area contributed by atoms with Gasteiger partial charge in [0.1, 0.15) is 0 Å². The van der Waals surface area contributed by atoms with Crippen molar-refractivity contribution in [2.75, 3.05) is 0 Å². The molecule has 1 aromatic heterocycles. The molecule has 1 N–H and O–H groups in total. The van der Waals surface area contributed by atoms with E-state index in [0.29, 0.717) is 17.4 Å². The lowest BCUT2D eigenvalue weighted by atomic mass is 9.73. The zero-order valence-corrected chi connectivity index (χ0v) is 10.4. The third-order valence-corrected chi connectivity index (χ3v) is 4.11. The van der Waals surface area contributed by atoms with Crippen LogP contribution in [-0.2, 0) is 6.42 Å². The van der Waals surface area contributed by atoms with Crippen molar-refractivity contribution < 1.29 is 5.11 Å². The molecule has 0 amide bonds. The van der Waals surface area contributed by atoms with Gasteiger partial charge in [0.25, 0.3) is 0 Å². The van der Waals surface area contributed by atoms with Gasteiger partial charge in [0.15, 0.2) is 0 Å². The topological polar surface area (TPSA) is 33.1 Å². The van der Waals surface area contributed by atoms with Gasteiger partial charge in [-0.25, -0.2) is 0 Å². The average Bonchev–Trinajstić information content (AvgIpc) is 2.26. The van der Waals surface area contributed by atoms with Gasteiger partial charge in [-0.1, -0.05) is 31.4 Å². The van der Waals surface area contributed by atoms with Gasteiger partial charge in [-0.15, -0.1) is 0 Å². The van der Waals surface area contributed by atoms with Gasteiger partial charge in [-0.05, 0) is 30.4 Å². The molecule has 0 spiro atoms. The third kappa shape index (κ3) is 2.38. The Labute approximate surface area is 102 Å². The monoisotopic (exact) mass is 239 g/mol. The first kappa shape index (κ1) is 11.9. The molecule has 2 unspecified atom stereocenters. The van der Waals surface area contributed by atoms with Crippen LogP contribution in [0.15, 0.2) is 18.5 Å². The number of hydrogen-bond acceptors (Lipinski definition) is 2. The van der Waals surface area contributed by atoms with E-state index in [0.717, 1.165) is 24.8 Å². The molecule has 0 saturated heterocycles. The fourth-order valence-electron chi connectivity index (χ4n) is 2.54. The second kappa shape index (κ2) is 4.72. The van der Waals surface area contributed by atoms with Crippen LogP contribution in [0.3, 0.4) is 0 Å². The largest absolute Gasteiger partial charge is 0.389 e. The van der Waals surface area contributed by atoms with Crippen LogP contribution in [0.1, 0.15) is 38.2 Å². The van der Waals surface area contributed by atoms with E-state index in [1.165, 1.54) is 6.42 Å². The molecular formula is C13H18ClNO. The fraction of sp³-hybridized carbons (Fsp3) is 0.615. The van der Waals surface area contributed by atoms with Crippen molar-refractivity contribution in [1.29, 1.82) is 0 Å². The zero-order chi connectivity index (χ0) is 11.6. The second-order valence-corrected chi connectivity index (χ2v) is 5.30.